The second kappa shape index (κ2) is 8.41. The molecule has 2 heterocycles. The Morgan fingerprint density at radius 1 is 1.07 bits per heavy atom. The van der Waals surface area contributed by atoms with Gasteiger partial charge in [-0.3, -0.25) is 9.78 Å². The van der Waals surface area contributed by atoms with Crippen LogP contribution >= 0.6 is 0 Å². The molecule has 1 N–H and O–H groups in total. The van der Waals surface area contributed by atoms with Crippen molar-refractivity contribution in [1.82, 2.24) is 15.3 Å². The lowest BCUT2D eigenvalue weighted by molar-refractivity contribution is 0.0947. The molecule has 0 unspecified atom stereocenters. The Labute approximate surface area is 173 Å². The molecule has 0 aliphatic carbocycles. The molecule has 2 aromatic heterocycles. The maximum atomic E-state index is 13.0. The second-order valence-corrected chi connectivity index (χ2v) is 6.61. The van der Waals surface area contributed by atoms with Crippen molar-refractivity contribution in [3.05, 3.63) is 90.0 Å². The van der Waals surface area contributed by atoms with Crippen LogP contribution in [0, 0.1) is 11.3 Å². The molecule has 0 bridgehead atoms. The topological polar surface area (TPSA) is 87.9 Å². The fourth-order valence-corrected chi connectivity index (χ4v) is 3.34. The van der Waals surface area contributed by atoms with Crippen LogP contribution < -0.4 is 10.1 Å². The van der Waals surface area contributed by atoms with E-state index in [1.165, 1.54) is 0 Å². The summed E-state index contributed by atoms with van der Waals surface area (Å²) >= 11 is 0. The van der Waals surface area contributed by atoms with Gasteiger partial charge in [0.2, 0.25) is 0 Å². The lowest BCUT2D eigenvalue weighted by atomic mass is 9.95. The van der Waals surface area contributed by atoms with E-state index in [0.717, 1.165) is 16.5 Å². The molecule has 0 saturated heterocycles. The largest absolute Gasteiger partial charge is 0.497 e. The molecule has 0 atom stereocenters. The number of hydrogen-bond acceptors (Lipinski definition) is 5. The third-order valence-corrected chi connectivity index (χ3v) is 4.80. The van der Waals surface area contributed by atoms with E-state index >= 15 is 0 Å². The first-order valence-corrected chi connectivity index (χ1v) is 9.35. The zero-order valence-corrected chi connectivity index (χ0v) is 16.3. The third-order valence-electron chi connectivity index (χ3n) is 4.80. The summed E-state index contributed by atoms with van der Waals surface area (Å²) in [6.45, 7) is 0.336. The van der Waals surface area contributed by atoms with Crippen LogP contribution in [0.4, 0.5) is 0 Å². The van der Waals surface area contributed by atoms with Gasteiger partial charge >= 0.3 is 0 Å². The van der Waals surface area contributed by atoms with Crippen molar-refractivity contribution in [2.45, 2.75) is 6.54 Å². The van der Waals surface area contributed by atoms with Crippen LogP contribution in [0.3, 0.4) is 0 Å². The Morgan fingerprint density at radius 2 is 1.83 bits per heavy atom. The SMILES string of the molecule is COc1ccc2c(C(=O)NCc3ccncc3)nc(C#N)c(-c3ccccc3)c2c1. The zero-order valence-electron chi connectivity index (χ0n) is 16.3. The summed E-state index contributed by atoms with van der Waals surface area (Å²) in [5.41, 5.74) is 2.85. The van der Waals surface area contributed by atoms with Gasteiger partial charge in [-0.2, -0.15) is 5.26 Å². The number of methoxy groups -OCH3 is 1. The molecular weight excluding hydrogens is 376 g/mol. The average Bonchev–Trinajstić information content (AvgIpc) is 2.82. The van der Waals surface area contributed by atoms with Crippen LogP contribution in [0.1, 0.15) is 21.7 Å². The molecule has 0 aliphatic rings. The molecule has 146 valence electrons. The average molecular weight is 394 g/mol. The lowest BCUT2D eigenvalue weighted by Gasteiger charge is -2.14. The van der Waals surface area contributed by atoms with Gasteiger partial charge < -0.3 is 10.1 Å². The van der Waals surface area contributed by atoms with E-state index in [1.54, 1.807) is 31.6 Å². The number of carbonyl (C=O) groups excluding carboxylic acids is 1. The molecule has 0 saturated carbocycles. The standard InChI is InChI=1S/C24H18N4O2/c1-30-18-7-8-19-20(13-18)22(17-5-3-2-4-6-17)21(14-25)28-23(19)24(29)27-15-16-9-11-26-12-10-16/h2-13H,15H2,1H3,(H,27,29). The number of nitrogens with zero attached hydrogens (tertiary/aromatic N) is 3. The van der Waals surface area contributed by atoms with Gasteiger partial charge in [0, 0.05) is 29.9 Å². The summed E-state index contributed by atoms with van der Waals surface area (Å²) < 4.78 is 5.38. The number of carbonyl (C=O) groups is 1. The highest BCUT2D eigenvalue weighted by Crippen LogP contribution is 2.34. The maximum Gasteiger partial charge on any atom is 0.270 e. The molecule has 2 aromatic carbocycles. The number of fused-ring (bicyclic) bond motifs is 1. The highest BCUT2D eigenvalue weighted by molar-refractivity contribution is 6.10. The molecule has 6 heteroatoms. The fraction of sp³-hybridized carbons (Fsp3) is 0.0833. The summed E-state index contributed by atoms with van der Waals surface area (Å²) in [6, 6.07) is 20.8. The number of hydrogen-bond donors (Lipinski definition) is 1. The van der Waals surface area contributed by atoms with Gasteiger partial charge in [-0.15, -0.1) is 0 Å². The first kappa shape index (κ1) is 19.1. The summed E-state index contributed by atoms with van der Waals surface area (Å²) in [6.07, 6.45) is 3.34. The molecule has 4 aromatic rings. The van der Waals surface area contributed by atoms with Gasteiger partial charge in [0.05, 0.1) is 7.11 Å². The Balaban J connectivity index is 1.85. The molecule has 30 heavy (non-hydrogen) atoms. The van der Waals surface area contributed by atoms with Crippen molar-refractivity contribution in [2.24, 2.45) is 0 Å². The summed E-state index contributed by atoms with van der Waals surface area (Å²) in [7, 11) is 1.58. The van der Waals surface area contributed by atoms with Crippen LogP contribution in [-0.2, 0) is 6.54 Å². The van der Waals surface area contributed by atoms with Gasteiger partial charge in [0.15, 0.2) is 0 Å². The molecule has 0 spiro atoms. The van der Waals surface area contributed by atoms with Crippen LogP contribution in [0.2, 0.25) is 0 Å². The van der Waals surface area contributed by atoms with E-state index in [9.17, 15) is 10.1 Å². The van der Waals surface area contributed by atoms with Crippen molar-refractivity contribution in [3.63, 3.8) is 0 Å². The number of ether oxygens (including phenoxy) is 1. The Bertz CT molecular complexity index is 1250. The van der Waals surface area contributed by atoms with E-state index in [-0.39, 0.29) is 17.3 Å². The van der Waals surface area contributed by atoms with E-state index in [2.05, 4.69) is 21.4 Å². The van der Waals surface area contributed by atoms with E-state index in [1.807, 2.05) is 48.5 Å². The number of amides is 1. The van der Waals surface area contributed by atoms with Crippen LogP contribution in [-0.4, -0.2) is 23.0 Å². The normalized spacial score (nSPS) is 10.4. The molecular formula is C24H18N4O2. The molecule has 1 amide bonds. The monoisotopic (exact) mass is 394 g/mol. The quantitative estimate of drug-likeness (QED) is 0.550. The van der Waals surface area contributed by atoms with Gasteiger partial charge in [-0.05, 0) is 46.8 Å². The number of nitriles is 1. The number of rotatable bonds is 5. The number of benzene rings is 2. The lowest BCUT2D eigenvalue weighted by Crippen LogP contribution is -2.24. The number of nitrogens with one attached hydrogen (secondary N) is 1. The van der Waals surface area contributed by atoms with Crippen LogP contribution in [0.15, 0.2) is 73.1 Å². The second-order valence-electron chi connectivity index (χ2n) is 6.61. The molecule has 6 nitrogen and oxygen atoms in total. The Morgan fingerprint density at radius 3 is 2.53 bits per heavy atom. The minimum atomic E-state index is -0.349. The number of pyridine rings is 2. The predicted molar refractivity (Wildman–Crippen MR) is 114 cm³/mol. The maximum absolute atomic E-state index is 13.0. The summed E-state index contributed by atoms with van der Waals surface area (Å²) in [4.78, 5) is 21.4. The Hall–Kier alpha value is -4.24. The molecule has 0 fully saturated rings. The first-order chi connectivity index (χ1) is 14.7. The van der Waals surface area contributed by atoms with Crippen molar-refractivity contribution in [3.8, 4) is 22.9 Å². The fourth-order valence-electron chi connectivity index (χ4n) is 3.34. The van der Waals surface area contributed by atoms with Crippen LogP contribution in [0.25, 0.3) is 21.9 Å². The molecule has 0 radical (unpaired) electrons. The minimum absolute atomic E-state index is 0.191. The van der Waals surface area contributed by atoms with Gasteiger partial charge in [0.1, 0.15) is 23.2 Å². The van der Waals surface area contributed by atoms with Gasteiger partial charge in [-0.1, -0.05) is 30.3 Å². The molecule has 4 rings (SSSR count). The summed E-state index contributed by atoms with van der Waals surface area (Å²) in [5, 5.41) is 14.1. The number of aromatic nitrogens is 2. The Kier molecular flexibility index (Phi) is 5.35. The van der Waals surface area contributed by atoms with E-state index in [0.29, 0.717) is 23.2 Å². The van der Waals surface area contributed by atoms with Crippen molar-refractivity contribution in [2.75, 3.05) is 7.11 Å². The third kappa shape index (κ3) is 3.69. The van der Waals surface area contributed by atoms with Crippen molar-refractivity contribution < 1.29 is 9.53 Å². The zero-order chi connectivity index (χ0) is 20.9. The summed E-state index contributed by atoms with van der Waals surface area (Å²) in [5.74, 6) is 0.288. The first-order valence-electron chi connectivity index (χ1n) is 9.35. The molecule has 0 aliphatic heterocycles. The van der Waals surface area contributed by atoms with Crippen molar-refractivity contribution >= 4 is 16.7 Å². The van der Waals surface area contributed by atoms with Gasteiger partial charge in [-0.25, -0.2) is 4.98 Å². The van der Waals surface area contributed by atoms with E-state index in [4.69, 9.17) is 4.74 Å². The van der Waals surface area contributed by atoms with Crippen molar-refractivity contribution in [1.29, 1.82) is 5.26 Å². The predicted octanol–water partition coefficient (Wildman–Crippen LogP) is 4.11. The van der Waals surface area contributed by atoms with Gasteiger partial charge in [0.25, 0.3) is 5.91 Å². The minimum Gasteiger partial charge on any atom is -0.497 e. The van der Waals surface area contributed by atoms with Crippen LogP contribution in [0.5, 0.6) is 5.75 Å². The smallest absolute Gasteiger partial charge is 0.270 e. The highest BCUT2D eigenvalue weighted by Gasteiger charge is 2.20. The van der Waals surface area contributed by atoms with E-state index < -0.39 is 0 Å². The highest BCUT2D eigenvalue weighted by atomic mass is 16.5.